The van der Waals surface area contributed by atoms with Gasteiger partial charge in [-0.15, -0.1) is 0 Å². The van der Waals surface area contributed by atoms with Crippen molar-refractivity contribution in [2.75, 3.05) is 33.4 Å². The molecule has 24 heavy (non-hydrogen) atoms. The lowest BCUT2D eigenvalue weighted by atomic mass is 10.1. The molecule has 1 N–H and O–H groups in total. The van der Waals surface area contributed by atoms with Crippen molar-refractivity contribution >= 4 is 11.9 Å². The summed E-state index contributed by atoms with van der Waals surface area (Å²) in [6.07, 6.45) is -0.988. The number of nitrogens with zero attached hydrogens (tertiary/aromatic N) is 1. The number of morpholine rings is 1. The average Bonchev–Trinajstić information content (AvgIpc) is 2.59. The van der Waals surface area contributed by atoms with Crippen LogP contribution in [0, 0.1) is 5.92 Å². The molecule has 0 aliphatic carbocycles. The number of methoxy groups -OCH3 is 1. The van der Waals surface area contributed by atoms with Crippen molar-refractivity contribution in [1.29, 1.82) is 0 Å². The van der Waals surface area contributed by atoms with E-state index in [2.05, 4.69) is 0 Å². The third-order valence-corrected chi connectivity index (χ3v) is 3.61. The number of ether oxygens (including phenoxy) is 3. The van der Waals surface area contributed by atoms with Crippen LogP contribution >= 0.6 is 0 Å². The minimum Gasteiger partial charge on any atom is -0.493 e. The highest BCUT2D eigenvalue weighted by Crippen LogP contribution is 2.29. The van der Waals surface area contributed by atoms with Gasteiger partial charge in [-0.25, -0.2) is 4.79 Å². The standard InChI is InChI=1S/C17H23NO6/c1-11(2)10-24-13-5-4-12(8-14(13)22-3)16(19)18-6-7-23-15(9-18)17(20)21/h4-5,8,11,15H,6-7,9-10H2,1-3H3,(H,20,21). The fourth-order valence-electron chi connectivity index (χ4n) is 2.34. The predicted octanol–water partition coefficient (Wildman–Crippen LogP) is 1.66. The third kappa shape index (κ3) is 4.38. The first-order valence-corrected chi connectivity index (χ1v) is 7.87. The van der Waals surface area contributed by atoms with Crippen LogP contribution in [0.1, 0.15) is 24.2 Å². The van der Waals surface area contributed by atoms with E-state index in [1.165, 1.54) is 12.0 Å². The summed E-state index contributed by atoms with van der Waals surface area (Å²) in [5, 5.41) is 9.03. The number of benzene rings is 1. The maximum atomic E-state index is 12.6. The summed E-state index contributed by atoms with van der Waals surface area (Å²) in [6, 6.07) is 4.97. The van der Waals surface area contributed by atoms with E-state index in [4.69, 9.17) is 19.3 Å². The summed E-state index contributed by atoms with van der Waals surface area (Å²) < 4.78 is 16.1. The quantitative estimate of drug-likeness (QED) is 0.850. The number of carbonyl (C=O) groups excluding carboxylic acids is 1. The van der Waals surface area contributed by atoms with Crippen molar-refractivity contribution in [1.82, 2.24) is 4.90 Å². The van der Waals surface area contributed by atoms with Gasteiger partial charge in [0.2, 0.25) is 0 Å². The molecule has 1 aliphatic rings. The van der Waals surface area contributed by atoms with Gasteiger partial charge in [0.25, 0.3) is 5.91 Å². The molecule has 1 aromatic carbocycles. The fraction of sp³-hybridized carbons (Fsp3) is 0.529. The highest BCUT2D eigenvalue weighted by molar-refractivity contribution is 5.95. The van der Waals surface area contributed by atoms with E-state index in [0.717, 1.165) is 0 Å². The summed E-state index contributed by atoms with van der Waals surface area (Å²) in [7, 11) is 1.51. The van der Waals surface area contributed by atoms with Crippen LogP contribution in [0.5, 0.6) is 11.5 Å². The molecule has 1 aromatic rings. The Hall–Kier alpha value is -2.28. The molecule has 0 aromatic heterocycles. The molecule has 0 bridgehead atoms. The molecule has 2 rings (SSSR count). The van der Waals surface area contributed by atoms with E-state index < -0.39 is 12.1 Å². The van der Waals surface area contributed by atoms with Crippen LogP contribution in [0.3, 0.4) is 0 Å². The largest absolute Gasteiger partial charge is 0.493 e. The van der Waals surface area contributed by atoms with Crippen LogP contribution in [0.25, 0.3) is 0 Å². The van der Waals surface area contributed by atoms with E-state index in [0.29, 0.717) is 36.1 Å². The van der Waals surface area contributed by atoms with Gasteiger partial charge in [0.1, 0.15) is 0 Å². The monoisotopic (exact) mass is 337 g/mol. The topological polar surface area (TPSA) is 85.3 Å². The number of rotatable bonds is 6. The van der Waals surface area contributed by atoms with Gasteiger partial charge >= 0.3 is 5.97 Å². The summed E-state index contributed by atoms with van der Waals surface area (Å²) in [6.45, 7) is 5.23. The number of aliphatic carboxylic acids is 1. The maximum absolute atomic E-state index is 12.6. The van der Waals surface area contributed by atoms with Gasteiger partial charge in [-0.05, 0) is 24.1 Å². The molecule has 132 valence electrons. The van der Waals surface area contributed by atoms with Gasteiger partial charge in [0, 0.05) is 12.1 Å². The number of hydrogen-bond donors (Lipinski definition) is 1. The molecular weight excluding hydrogens is 314 g/mol. The Balaban J connectivity index is 2.13. The number of carboxylic acids is 1. The van der Waals surface area contributed by atoms with E-state index in [1.54, 1.807) is 18.2 Å². The van der Waals surface area contributed by atoms with Crippen LogP contribution in [0.15, 0.2) is 18.2 Å². The van der Waals surface area contributed by atoms with Gasteiger partial charge < -0.3 is 24.2 Å². The van der Waals surface area contributed by atoms with Crippen LogP contribution in [-0.4, -0.2) is 61.4 Å². The minimum absolute atomic E-state index is 0.0298. The van der Waals surface area contributed by atoms with Crippen molar-refractivity contribution in [3.05, 3.63) is 23.8 Å². The SMILES string of the molecule is COc1cc(C(=O)N2CCOC(C(=O)O)C2)ccc1OCC(C)C. The molecule has 0 spiro atoms. The molecule has 1 unspecified atom stereocenters. The minimum atomic E-state index is -1.07. The summed E-state index contributed by atoms with van der Waals surface area (Å²) in [5.41, 5.74) is 0.426. The number of carbonyl (C=O) groups is 2. The second kappa shape index (κ2) is 8.01. The van der Waals surface area contributed by atoms with Gasteiger partial charge in [0.05, 0.1) is 26.9 Å². The Bertz CT molecular complexity index is 601. The molecular formula is C17H23NO6. The number of hydrogen-bond acceptors (Lipinski definition) is 5. The zero-order chi connectivity index (χ0) is 17.7. The first-order valence-electron chi connectivity index (χ1n) is 7.87. The van der Waals surface area contributed by atoms with E-state index in [-0.39, 0.29) is 19.1 Å². The highest BCUT2D eigenvalue weighted by atomic mass is 16.5. The Morgan fingerprint density at radius 2 is 2.12 bits per heavy atom. The van der Waals surface area contributed by atoms with Gasteiger partial charge in [0.15, 0.2) is 17.6 Å². The molecule has 0 radical (unpaired) electrons. The van der Waals surface area contributed by atoms with Crippen LogP contribution in [0.4, 0.5) is 0 Å². The van der Waals surface area contributed by atoms with Crippen molar-refractivity contribution in [2.24, 2.45) is 5.92 Å². The lowest BCUT2D eigenvalue weighted by molar-refractivity contribution is -0.154. The first kappa shape index (κ1) is 18.1. The Kier molecular flexibility index (Phi) is 6.03. The Morgan fingerprint density at radius 3 is 2.75 bits per heavy atom. The lowest BCUT2D eigenvalue weighted by Crippen LogP contribution is -2.48. The first-order chi connectivity index (χ1) is 11.4. The smallest absolute Gasteiger partial charge is 0.334 e. The summed E-state index contributed by atoms with van der Waals surface area (Å²) >= 11 is 0. The normalized spacial score (nSPS) is 17.7. The van der Waals surface area contributed by atoms with Crippen LogP contribution < -0.4 is 9.47 Å². The van der Waals surface area contributed by atoms with E-state index >= 15 is 0 Å². The van der Waals surface area contributed by atoms with Crippen LogP contribution in [0.2, 0.25) is 0 Å². The van der Waals surface area contributed by atoms with E-state index in [1.807, 2.05) is 13.8 Å². The Morgan fingerprint density at radius 1 is 1.38 bits per heavy atom. The number of amides is 1. The number of carboxylic acid groups (broad SMARTS) is 1. The molecule has 0 saturated carbocycles. The van der Waals surface area contributed by atoms with Crippen LogP contribution in [-0.2, 0) is 9.53 Å². The fourth-order valence-corrected chi connectivity index (χ4v) is 2.34. The lowest BCUT2D eigenvalue weighted by Gasteiger charge is -2.31. The molecule has 1 aliphatic heterocycles. The van der Waals surface area contributed by atoms with Crippen molar-refractivity contribution in [3.63, 3.8) is 0 Å². The van der Waals surface area contributed by atoms with Crippen molar-refractivity contribution in [3.8, 4) is 11.5 Å². The van der Waals surface area contributed by atoms with Gasteiger partial charge in [-0.3, -0.25) is 4.79 Å². The second-order valence-electron chi connectivity index (χ2n) is 6.02. The van der Waals surface area contributed by atoms with Crippen molar-refractivity contribution < 1.29 is 28.9 Å². The summed E-state index contributed by atoms with van der Waals surface area (Å²) in [4.78, 5) is 25.1. The molecule has 1 fully saturated rings. The average molecular weight is 337 g/mol. The van der Waals surface area contributed by atoms with Crippen molar-refractivity contribution in [2.45, 2.75) is 20.0 Å². The predicted molar refractivity (Wildman–Crippen MR) is 86.6 cm³/mol. The zero-order valence-corrected chi connectivity index (χ0v) is 14.2. The molecule has 1 atom stereocenters. The zero-order valence-electron chi connectivity index (χ0n) is 14.2. The molecule has 7 heteroatoms. The summed E-state index contributed by atoms with van der Waals surface area (Å²) in [5.74, 6) is 0.107. The molecule has 1 heterocycles. The van der Waals surface area contributed by atoms with Gasteiger partial charge in [-0.1, -0.05) is 13.8 Å². The third-order valence-electron chi connectivity index (χ3n) is 3.61. The van der Waals surface area contributed by atoms with Gasteiger partial charge in [-0.2, -0.15) is 0 Å². The van der Waals surface area contributed by atoms with E-state index in [9.17, 15) is 9.59 Å². The Labute approximate surface area is 141 Å². The molecule has 7 nitrogen and oxygen atoms in total. The molecule has 1 saturated heterocycles. The molecule has 1 amide bonds. The highest BCUT2D eigenvalue weighted by Gasteiger charge is 2.29. The maximum Gasteiger partial charge on any atom is 0.334 e. The second-order valence-corrected chi connectivity index (χ2v) is 6.02.